The lowest BCUT2D eigenvalue weighted by atomic mass is 10.2. The second kappa shape index (κ2) is 9.61. The van der Waals surface area contributed by atoms with E-state index in [2.05, 4.69) is 45.3 Å². The lowest BCUT2D eigenvalue weighted by Gasteiger charge is -2.25. The third kappa shape index (κ3) is 4.49. The summed E-state index contributed by atoms with van der Waals surface area (Å²) >= 11 is 0. The van der Waals surface area contributed by atoms with Crippen molar-refractivity contribution in [2.24, 2.45) is 0 Å². The Kier molecular flexibility index (Phi) is 6.22. The van der Waals surface area contributed by atoms with Crippen molar-refractivity contribution >= 4 is 33.9 Å². The number of nitrogens with one attached hydrogen (secondary N) is 1. The van der Waals surface area contributed by atoms with Crippen LogP contribution in [-0.2, 0) is 0 Å². The molecule has 0 spiro atoms. The van der Waals surface area contributed by atoms with Crippen molar-refractivity contribution < 1.29 is 4.74 Å². The Hall–Kier alpha value is -3.78. The third-order valence-electron chi connectivity index (χ3n) is 6.44. The van der Waals surface area contributed by atoms with Gasteiger partial charge in [-0.2, -0.15) is 4.98 Å². The molecule has 4 aromatic rings. The number of para-hydroxylation sites is 1. The van der Waals surface area contributed by atoms with Crippen LogP contribution in [-0.4, -0.2) is 59.8 Å². The second-order valence-electron chi connectivity index (χ2n) is 8.69. The van der Waals surface area contributed by atoms with Gasteiger partial charge in [-0.25, -0.2) is 4.98 Å². The van der Waals surface area contributed by atoms with Gasteiger partial charge in [0.15, 0.2) is 0 Å². The average molecular weight is 458 g/mol. The molecule has 8 heteroatoms. The van der Waals surface area contributed by atoms with E-state index in [1.165, 1.54) is 25.9 Å². The number of nitrogen functional groups attached to an aromatic ring is 1. The van der Waals surface area contributed by atoms with Crippen LogP contribution < -0.4 is 20.7 Å². The number of fused-ring (bicyclic) bond motifs is 1. The number of rotatable bonds is 8. The lowest BCUT2D eigenvalue weighted by Crippen LogP contribution is -2.31. The van der Waals surface area contributed by atoms with Crippen molar-refractivity contribution in [2.75, 3.05) is 56.3 Å². The molecule has 0 atom stereocenters. The van der Waals surface area contributed by atoms with Crippen molar-refractivity contribution in [3.05, 3.63) is 60.9 Å². The summed E-state index contributed by atoms with van der Waals surface area (Å²) in [7, 11) is 3.73. The van der Waals surface area contributed by atoms with Crippen molar-refractivity contribution in [3.8, 4) is 11.6 Å². The monoisotopic (exact) mass is 457 g/mol. The fraction of sp³-hybridized carbons (Fsp3) is 0.308. The molecule has 0 bridgehead atoms. The Morgan fingerprint density at radius 1 is 1.12 bits per heavy atom. The van der Waals surface area contributed by atoms with Gasteiger partial charge in [-0.15, -0.1) is 0 Å². The highest BCUT2D eigenvalue weighted by molar-refractivity contribution is 5.82. The zero-order valence-electron chi connectivity index (χ0n) is 19.7. The molecule has 0 aliphatic carbocycles. The average Bonchev–Trinajstić information content (AvgIpc) is 3.53. The van der Waals surface area contributed by atoms with Gasteiger partial charge in [-0.1, -0.05) is 18.2 Å². The van der Waals surface area contributed by atoms with Gasteiger partial charge in [-0.05, 0) is 55.6 Å². The van der Waals surface area contributed by atoms with Gasteiger partial charge in [0.05, 0.1) is 29.7 Å². The molecule has 5 rings (SSSR count). The van der Waals surface area contributed by atoms with Crippen LogP contribution in [0.15, 0.2) is 60.9 Å². The molecule has 8 nitrogen and oxygen atoms in total. The number of anilines is 4. The first kappa shape index (κ1) is 22.0. The van der Waals surface area contributed by atoms with E-state index in [0.29, 0.717) is 17.4 Å². The summed E-state index contributed by atoms with van der Waals surface area (Å²) in [4.78, 5) is 13.8. The number of hydrogen-bond acceptors (Lipinski definition) is 7. The van der Waals surface area contributed by atoms with Gasteiger partial charge in [-0.3, -0.25) is 0 Å². The predicted molar refractivity (Wildman–Crippen MR) is 138 cm³/mol. The Balaban J connectivity index is 1.37. The Morgan fingerprint density at radius 3 is 2.76 bits per heavy atom. The van der Waals surface area contributed by atoms with Crippen LogP contribution in [0, 0.1) is 0 Å². The van der Waals surface area contributed by atoms with Crippen molar-refractivity contribution in [3.63, 3.8) is 0 Å². The molecule has 2 aromatic carbocycles. The van der Waals surface area contributed by atoms with Crippen LogP contribution in [0.1, 0.15) is 12.8 Å². The first-order valence-corrected chi connectivity index (χ1v) is 11.7. The summed E-state index contributed by atoms with van der Waals surface area (Å²) in [5, 5.41) is 4.45. The number of hydrogen-bond donors (Lipinski definition) is 2. The molecular weight excluding hydrogens is 426 g/mol. The van der Waals surface area contributed by atoms with Crippen LogP contribution in [0.3, 0.4) is 0 Å². The van der Waals surface area contributed by atoms with Crippen molar-refractivity contribution in [1.29, 1.82) is 0 Å². The predicted octanol–water partition coefficient (Wildman–Crippen LogP) is 4.29. The summed E-state index contributed by atoms with van der Waals surface area (Å²) in [6.07, 6.45) is 6.35. The molecule has 0 amide bonds. The fourth-order valence-corrected chi connectivity index (χ4v) is 4.55. The van der Waals surface area contributed by atoms with E-state index in [-0.39, 0.29) is 0 Å². The molecule has 0 radical (unpaired) electrons. The van der Waals surface area contributed by atoms with Gasteiger partial charge >= 0.3 is 0 Å². The maximum Gasteiger partial charge on any atom is 0.229 e. The van der Waals surface area contributed by atoms with E-state index < -0.39 is 0 Å². The highest BCUT2D eigenvalue weighted by atomic mass is 16.5. The van der Waals surface area contributed by atoms with Gasteiger partial charge in [0, 0.05) is 38.6 Å². The fourth-order valence-electron chi connectivity index (χ4n) is 4.55. The number of aromatic nitrogens is 3. The molecule has 3 heterocycles. The van der Waals surface area contributed by atoms with Gasteiger partial charge in [0.1, 0.15) is 11.6 Å². The number of ether oxygens (including phenoxy) is 1. The second-order valence-corrected chi connectivity index (χ2v) is 8.69. The third-order valence-corrected chi connectivity index (χ3v) is 6.44. The molecule has 34 heavy (non-hydrogen) atoms. The summed E-state index contributed by atoms with van der Waals surface area (Å²) in [5.41, 5.74) is 9.91. The summed E-state index contributed by atoms with van der Waals surface area (Å²) in [5.74, 6) is 1.95. The minimum atomic E-state index is 0.475. The first-order valence-electron chi connectivity index (χ1n) is 11.7. The molecule has 1 saturated heterocycles. The molecule has 1 fully saturated rings. The molecular formula is C26H31N7O. The molecule has 2 aromatic heterocycles. The minimum absolute atomic E-state index is 0.475. The van der Waals surface area contributed by atoms with Crippen molar-refractivity contribution in [2.45, 2.75) is 12.8 Å². The van der Waals surface area contributed by atoms with E-state index in [0.717, 1.165) is 41.2 Å². The number of benzene rings is 2. The maximum atomic E-state index is 6.46. The Labute approximate surface area is 200 Å². The summed E-state index contributed by atoms with van der Waals surface area (Å²) in [6, 6.07) is 16.1. The number of nitrogens with two attached hydrogens (primary N) is 1. The number of methoxy groups -OCH3 is 1. The molecule has 176 valence electrons. The van der Waals surface area contributed by atoms with E-state index >= 15 is 0 Å². The molecule has 3 N–H and O–H groups in total. The summed E-state index contributed by atoms with van der Waals surface area (Å²) < 4.78 is 7.73. The summed E-state index contributed by atoms with van der Waals surface area (Å²) in [6.45, 7) is 4.32. The topological polar surface area (TPSA) is 84.5 Å². The van der Waals surface area contributed by atoms with E-state index in [1.54, 1.807) is 13.3 Å². The highest BCUT2D eigenvalue weighted by Gasteiger charge is 2.16. The van der Waals surface area contributed by atoms with Crippen LogP contribution in [0.2, 0.25) is 0 Å². The standard InChI is InChI=1S/C26H31N7O/c1-31(15-16-32-12-5-6-13-32)23-18-24(34-2)21(17-20(23)27)29-26-28-11-9-25(30-26)33-14-10-19-7-3-4-8-22(19)33/h3-4,7-11,14,17-18H,5-6,12-13,15-16,27H2,1-2H3,(H,28,29,30). The van der Waals surface area contributed by atoms with Crippen molar-refractivity contribution in [1.82, 2.24) is 19.4 Å². The van der Waals surface area contributed by atoms with Crippen LogP contribution >= 0.6 is 0 Å². The maximum absolute atomic E-state index is 6.46. The minimum Gasteiger partial charge on any atom is -0.494 e. The Bertz CT molecular complexity index is 1280. The number of likely N-dealkylation sites (tertiary alicyclic amines) is 1. The first-order chi connectivity index (χ1) is 16.6. The Morgan fingerprint density at radius 2 is 1.94 bits per heavy atom. The molecule has 0 saturated carbocycles. The van der Waals surface area contributed by atoms with Gasteiger partial charge < -0.3 is 30.2 Å². The zero-order valence-corrected chi connectivity index (χ0v) is 19.7. The zero-order chi connectivity index (χ0) is 23.5. The largest absolute Gasteiger partial charge is 0.494 e. The highest BCUT2D eigenvalue weighted by Crippen LogP contribution is 2.36. The van der Waals surface area contributed by atoms with Gasteiger partial charge in [0.25, 0.3) is 0 Å². The molecule has 1 aliphatic rings. The van der Waals surface area contributed by atoms with Gasteiger partial charge in [0.2, 0.25) is 5.95 Å². The van der Waals surface area contributed by atoms with E-state index in [9.17, 15) is 0 Å². The van der Waals surface area contributed by atoms with Crippen LogP contribution in [0.5, 0.6) is 5.75 Å². The SMILES string of the molecule is COc1cc(N(C)CCN2CCCC2)c(N)cc1Nc1nccc(-n2ccc3ccccc32)n1. The quantitative estimate of drug-likeness (QED) is 0.382. The smallest absolute Gasteiger partial charge is 0.229 e. The molecule has 0 unspecified atom stereocenters. The number of likely N-dealkylation sites (N-methyl/N-ethyl adjacent to an activating group) is 1. The van der Waals surface area contributed by atoms with Crippen LogP contribution in [0.4, 0.5) is 23.0 Å². The number of nitrogens with zero attached hydrogens (tertiary/aromatic N) is 5. The van der Waals surface area contributed by atoms with E-state index in [4.69, 9.17) is 15.5 Å². The lowest BCUT2D eigenvalue weighted by molar-refractivity contribution is 0.346. The van der Waals surface area contributed by atoms with E-state index in [1.807, 2.05) is 41.1 Å². The molecule has 1 aliphatic heterocycles. The normalized spacial score (nSPS) is 13.9. The van der Waals surface area contributed by atoms with Crippen LogP contribution in [0.25, 0.3) is 16.7 Å².